The highest BCUT2D eigenvalue weighted by atomic mass is 32.2. The molecule has 1 aromatic carbocycles. The Kier molecular flexibility index (Phi) is 7.33. The number of nitrogens with zero attached hydrogens (tertiary/aromatic N) is 1. The first-order chi connectivity index (χ1) is 19.7. The van der Waals surface area contributed by atoms with E-state index in [9.17, 15) is 19.8 Å². The molecule has 0 bridgehead atoms. The molecule has 0 amide bonds. The SMILES string of the molecule is COc1ccc2sc(SCC(=O)[C@@]3(OC(C)(C)O)C(C)CC4C5CCC6=CC(=O)C=CC6(C)C5[C@@H](O)CC43C)nc2c1. The lowest BCUT2D eigenvalue weighted by atomic mass is 9.46. The van der Waals surface area contributed by atoms with Crippen molar-refractivity contribution < 1.29 is 29.3 Å². The number of benzene rings is 1. The van der Waals surface area contributed by atoms with Crippen LogP contribution < -0.4 is 4.74 Å². The van der Waals surface area contributed by atoms with Crippen LogP contribution in [0.2, 0.25) is 0 Å². The maximum Gasteiger partial charge on any atom is 0.178 e. The zero-order valence-corrected chi connectivity index (χ0v) is 26.8. The first kappa shape index (κ1) is 30.0. The summed E-state index contributed by atoms with van der Waals surface area (Å²) in [7, 11) is 1.63. The van der Waals surface area contributed by atoms with E-state index < -0.39 is 28.3 Å². The Hall–Kier alpha value is -2.04. The van der Waals surface area contributed by atoms with Crippen LogP contribution in [0.25, 0.3) is 10.2 Å². The van der Waals surface area contributed by atoms with E-state index in [1.165, 1.54) is 23.1 Å². The zero-order chi connectivity index (χ0) is 30.2. The molecular weight excluding hydrogens is 570 g/mol. The molecular formula is C33H41NO6S2. The summed E-state index contributed by atoms with van der Waals surface area (Å²) in [6.07, 6.45) is 7.54. The largest absolute Gasteiger partial charge is 0.497 e. The molecule has 2 N–H and O–H groups in total. The maximum absolute atomic E-state index is 14.6. The quantitative estimate of drug-likeness (QED) is 0.291. The number of thioether (sulfide) groups is 1. The third kappa shape index (κ3) is 4.53. The summed E-state index contributed by atoms with van der Waals surface area (Å²) in [4.78, 5) is 31.5. The third-order valence-corrected chi connectivity index (χ3v) is 12.9. The number of fused-ring (bicyclic) bond motifs is 6. The van der Waals surface area contributed by atoms with Gasteiger partial charge in [-0.05, 0) is 81.6 Å². The van der Waals surface area contributed by atoms with Crippen LogP contribution >= 0.6 is 23.1 Å². The lowest BCUT2D eigenvalue weighted by Gasteiger charge is -2.60. The number of rotatable bonds is 7. The first-order valence-electron chi connectivity index (χ1n) is 14.9. The molecule has 0 radical (unpaired) electrons. The van der Waals surface area contributed by atoms with Gasteiger partial charge in [0.05, 0.1) is 29.2 Å². The van der Waals surface area contributed by atoms with Gasteiger partial charge >= 0.3 is 0 Å². The van der Waals surface area contributed by atoms with Gasteiger partial charge < -0.3 is 19.7 Å². The van der Waals surface area contributed by atoms with Gasteiger partial charge in [0.2, 0.25) is 0 Å². The summed E-state index contributed by atoms with van der Waals surface area (Å²) < 4.78 is 13.7. The Morgan fingerprint density at radius 2 is 2.05 bits per heavy atom. The summed E-state index contributed by atoms with van der Waals surface area (Å²) in [6, 6.07) is 5.77. The smallest absolute Gasteiger partial charge is 0.178 e. The minimum Gasteiger partial charge on any atom is -0.497 e. The monoisotopic (exact) mass is 611 g/mol. The number of aliphatic hydroxyl groups excluding tert-OH is 1. The van der Waals surface area contributed by atoms with E-state index in [0.29, 0.717) is 6.42 Å². The van der Waals surface area contributed by atoms with Gasteiger partial charge in [-0.3, -0.25) is 9.59 Å². The molecule has 2 aromatic rings. The molecule has 226 valence electrons. The highest BCUT2D eigenvalue weighted by Crippen LogP contribution is 2.69. The Labute approximate surface area is 255 Å². The van der Waals surface area contributed by atoms with Crippen LogP contribution in [-0.4, -0.2) is 57.1 Å². The molecule has 7 nitrogen and oxygen atoms in total. The number of ether oxygens (including phenoxy) is 2. The van der Waals surface area contributed by atoms with Gasteiger partial charge in [-0.15, -0.1) is 11.3 Å². The molecule has 3 fully saturated rings. The Morgan fingerprint density at radius 1 is 1.29 bits per heavy atom. The van der Waals surface area contributed by atoms with Crippen molar-refractivity contribution in [3.05, 3.63) is 42.0 Å². The second-order valence-corrected chi connectivity index (χ2v) is 15.9. The van der Waals surface area contributed by atoms with Crippen molar-refractivity contribution in [2.24, 2.45) is 34.5 Å². The molecule has 9 heteroatoms. The fourth-order valence-corrected chi connectivity index (χ4v) is 11.2. The lowest BCUT2D eigenvalue weighted by Crippen LogP contribution is -2.65. The Balaban J connectivity index is 1.34. The van der Waals surface area contributed by atoms with Gasteiger partial charge in [-0.2, -0.15) is 0 Å². The van der Waals surface area contributed by atoms with Crippen molar-refractivity contribution in [3.63, 3.8) is 0 Å². The number of carbonyl (C=O) groups is 2. The van der Waals surface area contributed by atoms with Gasteiger partial charge in [0.15, 0.2) is 21.7 Å². The number of ketones is 2. The molecule has 4 aliphatic rings. The number of thiazole rings is 1. The van der Waals surface area contributed by atoms with E-state index in [-0.39, 0.29) is 41.0 Å². The van der Waals surface area contributed by atoms with Crippen LogP contribution in [0, 0.1) is 34.5 Å². The number of aliphatic hydroxyl groups is 2. The number of Topliss-reactive ketones (excluding diaryl/α,β-unsaturated/α-hetero) is 1. The predicted octanol–water partition coefficient (Wildman–Crippen LogP) is 5.97. The van der Waals surface area contributed by atoms with E-state index in [2.05, 4.69) is 20.8 Å². The van der Waals surface area contributed by atoms with Crippen molar-refractivity contribution in [3.8, 4) is 5.75 Å². The Morgan fingerprint density at radius 3 is 2.76 bits per heavy atom. The molecule has 6 unspecified atom stereocenters. The summed E-state index contributed by atoms with van der Waals surface area (Å²) in [5.74, 6) is -0.634. The molecule has 42 heavy (non-hydrogen) atoms. The van der Waals surface area contributed by atoms with Gasteiger partial charge in [0.25, 0.3) is 0 Å². The van der Waals surface area contributed by atoms with Crippen LogP contribution in [0.4, 0.5) is 0 Å². The maximum atomic E-state index is 14.6. The summed E-state index contributed by atoms with van der Waals surface area (Å²) in [5, 5.41) is 23.0. The molecule has 3 saturated carbocycles. The fraction of sp³-hybridized carbons (Fsp3) is 0.606. The van der Waals surface area contributed by atoms with E-state index in [0.717, 1.165) is 45.1 Å². The first-order valence-corrected chi connectivity index (χ1v) is 16.7. The van der Waals surface area contributed by atoms with Crippen LogP contribution in [0.1, 0.15) is 60.3 Å². The average Bonchev–Trinajstić information content (AvgIpc) is 3.42. The van der Waals surface area contributed by atoms with Crippen molar-refractivity contribution in [1.29, 1.82) is 0 Å². The summed E-state index contributed by atoms with van der Waals surface area (Å²) >= 11 is 2.94. The molecule has 0 spiro atoms. The lowest BCUT2D eigenvalue weighted by molar-refractivity contribution is -0.284. The fourth-order valence-electron chi connectivity index (χ4n) is 9.21. The van der Waals surface area contributed by atoms with Gasteiger partial charge in [0.1, 0.15) is 11.4 Å². The second kappa shape index (κ2) is 10.3. The number of hydrogen-bond donors (Lipinski definition) is 2. The number of aromatic nitrogens is 1. The van der Waals surface area contributed by atoms with Crippen LogP contribution in [0.5, 0.6) is 5.75 Å². The van der Waals surface area contributed by atoms with E-state index in [1.54, 1.807) is 33.1 Å². The highest BCUT2D eigenvalue weighted by Gasteiger charge is 2.72. The number of methoxy groups -OCH3 is 1. The van der Waals surface area contributed by atoms with Crippen molar-refractivity contribution in [2.45, 2.75) is 82.1 Å². The van der Waals surface area contributed by atoms with Crippen LogP contribution in [0.3, 0.4) is 0 Å². The minimum atomic E-state index is -1.54. The van der Waals surface area contributed by atoms with Crippen molar-refractivity contribution >= 4 is 44.9 Å². The number of hydrogen-bond acceptors (Lipinski definition) is 9. The predicted molar refractivity (Wildman–Crippen MR) is 165 cm³/mol. The van der Waals surface area contributed by atoms with Crippen molar-refractivity contribution in [2.75, 3.05) is 12.9 Å². The topological polar surface area (TPSA) is 106 Å². The zero-order valence-electron chi connectivity index (χ0n) is 25.2. The van der Waals surface area contributed by atoms with E-state index >= 15 is 0 Å². The van der Waals surface area contributed by atoms with Crippen LogP contribution in [-0.2, 0) is 14.3 Å². The Bertz CT molecular complexity index is 1490. The molecule has 4 aliphatic carbocycles. The molecule has 8 atom stereocenters. The molecule has 0 saturated heterocycles. The van der Waals surface area contributed by atoms with Crippen molar-refractivity contribution in [1.82, 2.24) is 4.98 Å². The average molecular weight is 612 g/mol. The van der Waals surface area contributed by atoms with E-state index in [1.807, 2.05) is 24.3 Å². The number of allylic oxidation sites excluding steroid dienone is 4. The molecule has 6 rings (SSSR count). The van der Waals surface area contributed by atoms with Crippen LogP contribution in [0.15, 0.2) is 46.3 Å². The van der Waals surface area contributed by atoms with Gasteiger partial charge in [-0.25, -0.2) is 4.98 Å². The normalized spacial score (nSPS) is 37.7. The van der Waals surface area contributed by atoms with Gasteiger partial charge in [0, 0.05) is 22.8 Å². The third-order valence-electron chi connectivity index (χ3n) is 10.8. The molecule has 1 heterocycles. The summed E-state index contributed by atoms with van der Waals surface area (Å²) in [5.41, 5.74) is -0.415. The molecule has 0 aliphatic heterocycles. The van der Waals surface area contributed by atoms with E-state index in [4.69, 9.17) is 14.5 Å². The second-order valence-electron chi connectivity index (χ2n) is 13.7. The minimum absolute atomic E-state index is 0.0125. The standard InChI is InChI=1S/C33H41NO6S2/c1-18-13-23-22-9-7-19-14-20(35)11-12-31(19,4)28(22)25(36)16-32(23,5)33(18,40-30(2,3)38)27(37)17-41-29-34-24-15-21(39-6)8-10-26(24)42-29/h8,10-12,14-15,18,22-23,25,28,36,38H,7,9,13,16-17H2,1-6H3/t18?,22?,23?,25-,28?,31?,32?,33-/m0/s1. The van der Waals surface area contributed by atoms with Gasteiger partial charge in [-0.1, -0.05) is 44.2 Å². The molecule has 1 aromatic heterocycles. The number of carbonyl (C=O) groups excluding carboxylic acids is 2. The highest BCUT2D eigenvalue weighted by molar-refractivity contribution is 8.01. The summed E-state index contributed by atoms with van der Waals surface area (Å²) in [6.45, 7) is 9.50.